The Labute approximate surface area is 127 Å². The van der Waals surface area contributed by atoms with Crippen LogP contribution in [0.4, 0.5) is 5.69 Å². The van der Waals surface area contributed by atoms with Gasteiger partial charge in [-0.25, -0.2) is 9.97 Å². The third-order valence-electron chi connectivity index (χ3n) is 3.09. The van der Waals surface area contributed by atoms with E-state index < -0.39 is 5.91 Å². The SMILES string of the molecule is O=C(Nc1cnc(-c2ccccc2)nc1)c1ccccc1O. The van der Waals surface area contributed by atoms with Crippen molar-refractivity contribution in [2.75, 3.05) is 5.32 Å². The van der Waals surface area contributed by atoms with Gasteiger partial charge in [0.2, 0.25) is 0 Å². The summed E-state index contributed by atoms with van der Waals surface area (Å²) in [5, 5.41) is 12.3. The maximum atomic E-state index is 12.1. The highest BCUT2D eigenvalue weighted by atomic mass is 16.3. The van der Waals surface area contributed by atoms with E-state index in [1.807, 2.05) is 30.3 Å². The number of carbonyl (C=O) groups is 1. The Bertz CT molecular complexity index is 787. The van der Waals surface area contributed by atoms with Crippen molar-refractivity contribution in [3.05, 3.63) is 72.6 Å². The summed E-state index contributed by atoms with van der Waals surface area (Å²) in [7, 11) is 0. The minimum Gasteiger partial charge on any atom is -0.507 e. The van der Waals surface area contributed by atoms with E-state index in [0.717, 1.165) is 5.56 Å². The first-order valence-corrected chi connectivity index (χ1v) is 6.71. The van der Waals surface area contributed by atoms with Gasteiger partial charge in [-0.1, -0.05) is 42.5 Å². The maximum Gasteiger partial charge on any atom is 0.259 e. The lowest BCUT2D eigenvalue weighted by atomic mass is 10.2. The van der Waals surface area contributed by atoms with E-state index in [9.17, 15) is 9.90 Å². The molecule has 2 N–H and O–H groups in total. The molecule has 22 heavy (non-hydrogen) atoms. The molecule has 0 aliphatic rings. The average Bonchev–Trinajstić information content (AvgIpc) is 2.57. The molecule has 0 atom stereocenters. The first kappa shape index (κ1) is 13.8. The number of benzene rings is 2. The number of amides is 1. The summed E-state index contributed by atoms with van der Waals surface area (Å²) in [4.78, 5) is 20.5. The van der Waals surface area contributed by atoms with E-state index in [1.165, 1.54) is 18.5 Å². The van der Waals surface area contributed by atoms with Crippen molar-refractivity contribution in [1.29, 1.82) is 0 Å². The Morgan fingerprint density at radius 2 is 1.55 bits per heavy atom. The first-order chi connectivity index (χ1) is 10.7. The molecular formula is C17H13N3O2. The molecule has 1 aromatic heterocycles. The lowest BCUT2D eigenvalue weighted by Crippen LogP contribution is -2.12. The fourth-order valence-corrected chi connectivity index (χ4v) is 1.99. The number of nitrogens with one attached hydrogen (secondary N) is 1. The summed E-state index contributed by atoms with van der Waals surface area (Å²) >= 11 is 0. The van der Waals surface area contributed by atoms with Gasteiger partial charge in [0, 0.05) is 5.56 Å². The Morgan fingerprint density at radius 1 is 0.909 bits per heavy atom. The fourth-order valence-electron chi connectivity index (χ4n) is 1.99. The molecule has 1 heterocycles. The van der Waals surface area contributed by atoms with E-state index >= 15 is 0 Å². The molecule has 0 radical (unpaired) electrons. The fraction of sp³-hybridized carbons (Fsp3) is 0. The van der Waals surface area contributed by atoms with E-state index in [4.69, 9.17) is 0 Å². The van der Waals surface area contributed by atoms with Crippen LogP contribution in [-0.2, 0) is 0 Å². The third-order valence-corrected chi connectivity index (χ3v) is 3.09. The van der Waals surface area contributed by atoms with Gasteiger partial charge in [0.15, 0.2) is 5.82 Å². The molecule has 0 fully saturated rings. The van der Waals surface area contributed by atoms with Gasteiger partial charge in [-0.05, 0) is 12.1 Å². The molecular weight excluding hydrogens is 278 g/mol. The largest absolute Gasteiger partial charge is 0.507 e. The number of hydrogen-bond acceptors (Lipinski definition) is 4. The van der Waals surface area contributed by atoms with Crippen LogP contribution < -0.4 is 5.32 Å². The quantitative estimate of drug-likeness (QED) is 0.777. The van der Waals surface area contributed by atoms with Crippen LogP contribution in [0.1, 0.15) is 10.4 Å². The molecule has 0 unspecified atom stereocenters. The topological polar surface area (TPSA) is 75.1 Å². The molecule has 0 aliphatic heterocycles. The third kappa shape index (κ3) is 2.93. The van der Waals surface area contributed by atoms with Crippen molar-refractivity contribution in [2.24, 2.45) is 0 Å². The number of aromatic hydroxyl groups is 1. The van der Waals surface area contributed by atoms with Crippen LogP contribution in [0, 0.1) is 0 Å². The molecule has 3 rings (SSSR count). The molecule has 0 bridgehead atoms. The molecule has 0 spiro atoms. The molecule has 0 saturated carbocycles. The van der Waals surface area contributed by atoms with E-state index in [1.54, 1.807) is 18.2 Å². The molecule has 1 amide bonds. The zero-order valence-corrected chi connectivity index (χ0v) is 11.6. The van der Waals surface area contributed by atoms with Gasteiger partial charge in [-0.3, -0.25) is 4.79 Å². The summed E-state index contributed by atoms with van der Waals surface area (Å²) in [5.74, 6) is 0.108. The van der Waals surface area contributed by atoms with Gasteiger partial charge in [0.05, 0.1) is 23.6 Å². The summed E-state index contributed by atoms with van der Waals surface area (Å²) in [6.07, 6.45) is 3.07. The van der Waals surface area contributed by atoms with Gasteiger partial charge in [0.1, 0.15) is 5.75 Å². The Balaban J connectivity index is 1.77. The second-order valence-electron chi connectivity index (χ2n) is 4.63. The molecule has 3 aromatic rings. The van der Waals surface area contributed by atoms with Gasteiger partial charge < -0.3 is 10.4 Å². The standard InChI is InChI=1S/C17H13N3O2/c21-15-9-5-4-8-14(15)17(22)20-13-10-18-16(19-11-13)12-6-2-1-3-7-12/h1-11,21H,(H,20,22). The van der Waals surface area contributed by atoms with Crippen LogP contribution in [0.15, 0.2) is 67.0 Å². The maximum absolute atomic E-state index is 12.1. The number of hydrogen-bond donors (Lipinski definition) is 2. The number of para-hydroxylation sites is 1. The zero-order valence-electron chi connectivity index (χ0n) is 11.6. The zero-order chi connectivity index (χ0) is 15.4. The molecule has 108 valence electrons. The molecule has 2 aromatic carbocycles. The number of carbonyl (C=O) groups excluding carboxylic acids is 1. The van der Waals surface area contributed by atoms with Gasteiger partial charge in [0.25, 0.3) is 5.91 Å². The van der Waals surface area contributed by atoms with Crippen molar-refractivity contribution in [3.8, 4) is 17.1 Å². The summed E-state index contributed by atoms with van der Waals surface area (Å²) in [5.41, 5.74) is 1.57. The Morgan fingerprint density at radius 3 is 2.23 bits per heavy atom. The minimum atomic E-state index is -0.408. The summed E-state index contributed by atoms with van der Waals surface area (Å²) < 4.78 is 0. The van der Waals surface area contributed by atoms with Crippen LogP contribution >= 0.6 is 0 Å². The second kappa shape index (κ2) is 6.05. The summed E-state index contributed by atoms with van der Waals surface area (Å²) in [6.45, 7) is 0. The first-order valence-electron chi connectivity index (χ1n) is 6.71. The Hall–Kier alpha value is -3.21. The molecule has 0 aliphatic carbocycles. The van der Waals surface area contributed by atoms with Crippen LogP contribution in [0.2, 0.25) is 0 Å². The van der Waals surface area contributed by atoms with Crippen molar-refractivity contribution in [3.63, 3.8) is 0 Å². The number of phenolic OH excluding ortho intramolecular Hbond substituents is 1. The van der Waals surface area contributed by atoms with Gasteiger partial charge in [-0.15, -0.1) is 0 Å². The monoisotopic (exact) mass is 291 g/mol. The van der Waals surface area contributed by atoms with E-state index in [0.29, 0.717) is 11.5 Å². The van der Waals surface area contributed by atoms with Crippen molar-refractivity contribution < 1.29 is 9.90 Å². The normalized spacial score (nSPS) is 10.2. The highest BCUT2D eigenvalue weighted by Crippen LogP contribution is 2.18. The average molecular weight is 291 g/mol. The molecule has 5 heteroatoms. The Kier molecular flexibility index (Phi) is 3.78. The van der Waals surface area contributed by atoms with Crippen LogP contribution in [0.5, 0.6) is 5.75 Å². The number of nitrogens with zero attached hydrogens (tertiary/aromatic N) is 2. The number of aromatic nitrogens is 2. The summed E-state index contributed by atoms with van der Waals surface area (Å²) in [6, 6.07) is 15.9. The number of anilines is 1. The van der Waals surface area contributed by atoms with Gasteiger partial charge >= 0.3 is 0 Å². The van der Waals surface area contributed by atoms with Crippen LogP contribution in [-0.4, -0.2) is 21.0 Å². The predicted octanol–water partition coefficient (Wildman–Crippen LogP) is 3.10. The second-order valence-corrected chi connectivity index (χ2v) is 4.63. The minimum absolute atomic E-state index is 0.0678. The lowest BCUT2D eigenvalue weighted by molar-refractivity contribution is 0.102. The van der Waals surface area contributed by atoms with E-state index in [-0.39, 0.29) is 11.3 Å². The predicted molar refractivity (Wildman–Crippen MR) is 83.5 cm³/mol. The lowest BCUT2D eigenvalue weighted by Gasteiger charge is -2.06. The van der Waals surface area contributed by atoms with Crippen molar-refractivity contribution in [1.82, 2.24) is 9.97 Å². The number of rotatable bonds is 3. The van der Waals surface area contributed by atoms with Crippen LogP contribution in [0.3, 0.4) is 0 Å². The number of phenols is 1. The van der Waals surface area contributed by atoms with E-state index in [2.05, 4.69) is 15.3 Å². The van der Waals surface area contributed by atoms with Crippen molar-refractivity contribution in [2.45, 2.75) is 0 Å². The van der Waals surface area contributed by atoms with Crippen molar-refractivity contribution >= 4 is 11.6 Å². The smallest absolute Gasteiger partial charge is 0.259 e. The highest BCUT2D eigenvalue weighted by Gasteiger charge is 2.11. The molecule has 5 nitrogen and oxygen atoms in total. The molecule has 0 saturated heterocycles. The van der Waals surface area contributed by atoms with Crippen LogP contribution in [0.25, 0.3) is 11.4 Å². The highest BCUT2D eigenvalue weighted by molar-refractivity contribution is 6.05. The van der Waals surface area contributed by atoms with Gasteiger partial charge in [-0.2, -0.15) is 0 Å².